The van der Waals surface area contributed by atoms with E-state index in [0.717, 1.165) is 10.9 Å². The van der Waals surface area contributed by atoms with Crippen molar-refractivity contribution in [2.24, 2.45) is 0 Å². The van der Waals surface area contributed by atoms with Crippen LogP contribution in [0.15, 0.2) is 59.1 Å². The lowest BCUT2D eigenvalue weighted by Crippen LogP contribution is -2.28. The van der Waals surface area contributed by atoms with Gasteiger partial charge in [-0.2, -0.15) is 0 Å². The van der Waals surface area contributed by atoms with Crippen LogP contribution in [0.5, 0.6) is 0 Å². The second-order valence-electron chi connectivity index (χ2n) is 4.74. The molecule has 1 atom stereocenters. The maximum Gasteiger partial charge on any atom is 0.251 e. The molecule has 0 radical (unpaired) electrons. The molecular weight excluding hydrogens is 314 g/mol. The summed E-state index contributed by atoms with van der Waals surface area (Å²) in [5, 5.41) is 3.02. The second kappa shape index (κ2) is 7.25. The van der Waals surface area contributed by atoms with Gasteiger partial charge in [-0.25, -0.2) is 0 Å². The van der Waals surface area contributed by atoms with Gasteiger partial charge in [0.15, 0.2) is 0 Å². The third-order valence-corrected chi connectivity index (χ3v) is 3.85. The summed E-state index contributed by atoms with van der Waals surface area (Å²) in [6, 6.07) is 17.7. The fourth-order valence-corrected chi connectivity index (χ4v) is 2.57. The minimum atomic E-state index is -0.0271. The molecule has 1 N–H and O–H groups in total. The number of hydrogen-bond donors (Lipinski definition) is 1. The van der Waals surface area contributed by atoms with E-state index in [-0.39, 0.29) is 5.91 Å². The number of nitrogens with one attached hydrogen (secondary N) is 1. The maximum absolute atomic E-state index is 12.1. The number of carbonyl (C=O) groups is 1. The van der Waals surface area contributed by atoms with Crippen LogP contribution in [-0.4, -0.2) is 12.5 Å². The van der Waals surface area contributed by atoms with Crippen LogP contribution in [0.1, 0.15) is 35.2 Å². The summed E-state index contributed by atoms with van der Waals surface area (Å²) in [5.74, 6) is 0.327. The molecule has 104 valence electrons. The Bertz CT molecular complexity index is 568. The summed E-state index contributed by atoms with van der Waals surface area (Å²) in [6.45, 7) is 2.80. The van der Waals surface area contributed by atoms with Crippen LogP contribution in [0.25, 0.3) is 0 Å². The molecule has 0 fully saturated rings. The number of rotatable bonds is 5. The molecule has 20 heavy (non-hydrogen) atoms. The Morgan fingerprint density at radius 3 is 2.55 bits per heavy atom. The summed E-state index contributed by atoms with van der Waals surface area (Å²) in [7, 11) is 0. The fraction of sp³-hybridized carbons (Fsp3) is 0.235. The van der Waals surface area contributed by atoms with Gasteiger partial charge >= 0.3 is 0 Å². The Balaban J connectivity index is 1.98. The minimum Gasteiger partial charge on any atom is -0.351 e. The highest BCUT2D eigenvalue weighted by atomic mass is 79.9. The Morgan fingerprint density at radius 1 is 1.15 bits per heavy atom. The Labute approximate surface area is 128 Å². The molecule has 0 aliphatic carbocycles. The van der Waals surface area contributed by atoms with Crippen molar-refractivity contribution in [2.75, 3.05) is 6.54 Å². The van der Waals surface area contributed by atoms with Gasteiger partial charge in [0.1, 0.15) is 0 Å². The normalized spacial score (nSPS) is 11.9. The van der Waals surface area contributed by atoms with E-state index < -0.39 is 0 Å². The number of carbonyl (C=O) groups excluding carboxylic acids is 1. The number of halogens is 1. The highest BCUT2D eigenvalue weighted by molar-refractivity contribution is 9.10. The van der Waals surface area contributed by atoms with Crippen LogP contribution in [0, 0.1) is 0 Å². The number of benzene rings is 2. The largest absolute Gasteiger partial charge is 0.351 e. The van der Waals surface area contributed by atoms with Crippen LogP contribution in [0.3, 0.4) is 0 Å². The molecule has 0 aromatic heterocycles. The van der Waals surface area contributed by atoms with Gasteiger partial charge in [-0.15, -0.1) is 0 Å². The van der Waals surface area contributed by atoms with Gasteiger partial charge in [-0.1, -0.05) is 59.3 Å². The third kappa shape index (κ3) is 3.94. The minimum absolute atomic E-state index is 0.0271. The molecule has 0 heterocycles. The zero-order chi connectivity index (χ0) is 14.4. The predicted octanol–water partition coefficient (Wildman–Crippen LogP) is 4.37. The molecule has 0 saturated heterocycles. The van der Waals surface area contributed by atoms with Crippen LogP contribution in [0.4, 0.5) is 0 Å². The van der Waals surface area contributed by atoms with E-state index in [1.807, 2.05) is 42.5 Å². The lowest BCUT2D eigenvalue weighted by molar-refractivity contribution is 0.0951. The molecule has 1 amide bonds. The van der Waals surface area contributed by atoms with Gasteiger partial charge in [0.05, 0.1) is 0 Å². The van der Waals surface area contributed by atoms with Gasteiger partial charge in [-0.05, 0) is 30.2 Å². The first-order valence-electron chi connectivity index (χ1n) is 6.79. The van der Waals surface area contributed by atoms with E-state index in [1.165, 1.54) is 5.56 Å². The average molecular weight is 332 g/mol. The lowest BCUT2D eigenvalue weighted by Gasteiger charge is -2.16. The van der Waals surface area contributed by atoms with E-state index in [4.69, 9.17) is 0 Å². The van der Waals surface area contributed by atoms with Gasteiger partial charge in [-0.3, -0.25) is 4.79 Å². The quantitative estimate of drug-likeness (QED) is 0.865. The molecule has 2 nitrogen and oxygen atoms in total. The molecule has 2 rings (SSSR count). The molecule has 2 aromatic rings. The maximum atomic E-state index is 12.1. The first-order chi connectivity index (χ1) is 9.70. The van der Waals surface area contributed by atoms with Crippen LogP contribution in [0.2, 0.25) is 0 Å². The summed E-state index contributed by atoms with van der Waals surface area (Å²) in [6.07, 6.45) is 1.00. The SMILES string of the molecule is CCC(CNC(=O)c1cccc(Br)c1)c1ccccc1. The Morgan fingerprint density at radius 2 is 1.90 bits per heavy atom. The summed E-state index contributed by atoms with van der Waals surface area (Å²) < 4.78 is 0.917. The van der Waals surface area contributed by atoms with Crippen LogP contribution < -0.4 is 5.32 Å². The summed E-state index contributed by atoms with van der Waals surface area (Å²) >= 11 is 3.38. The first-order valence-corrected chi connectivity index (χ1v) is 7.58. The molecule has 0 aliphatic rings. The Kier molecular flexibility index (Phi) is 5.36. The zero-order valence-electron chi connectivity index (χ0n) is 11.5. The molecule has 0 spiro atoms. The van der Waals surface area contributed by atoms with Crippen LogP contribution in [-0.2, 0) is 0 Å². The molecule has 0 aliphatic heterocycles. The second-order valence-corrected chi connectivity index (χ2v) is 5.65. The Hall–Kier alpha value is -1.61. The standard InChI is InChI=1S/C17H18BrNO/c1-2-13(14-7-4-3-5-8-14)12-19-17(20)15-9-6-10-16(18)11-15/h3-11,13H,2,12H2,1H3,(H,19,20). The van der Waals surface area contributed by atoms with E-state index in [0.29, 0.717) is 18.0 Å². The van der Waals surface area contributed by atoms with Crippen molar-refractivity contribution in [3.63, 3.8) is 0 Å². The van der Waals surface area contributed by atoms with E-state index in [1.54, 1.807) is 0 Å². The van der Waals surface area contributed by atoms with Crippen molar-refractivity contribution in [3.05, 3.63) is 70.2 Å². The van der Waals surface area contributed by atoms with Gasteiger partial charge in [0.25, 0.3) is 5.91 Å². The smallest absolute Gasteiger partial charge is 0.251 e. The number of hydrogen-bond acceptors (Lipinski definition) is 1. The van der Waals surface area contributed by atoms with Gasteiger partial charge in [0.2, 0.25) is 0 Å². The van der Waals surface area contributed by atoms with Crippen molar-refractivity contribution in [1.29, 1.82) is 0 Å². The monoisotopic (exact) mass is 331 g/mol. The topological polar surface area (TPSA) is 29.1 Å². The molecule has 2 aromatic carbocycles. The highest BCUT2D eigenvalue weighted by Gasteiger charge is 2.11. The molecular formula is C17H18BrNO. The molecule has 0 saturated carbocycles. The average Bonchev–Trinajstić information content (AvgIpc) is 2.49. The van der Waals surface area contributed by atoms with E-state index >= 15 is 0 Å². The van der Waals surface area contributed by atoms with Crippen molar-refractivity contribution in [2.45, 2.75) is 19.3 Å². The molecule has 0 bridgehead atoms. The van der Waals surface area contributed by atoms with Crippen molar-refractivity contribution >= 4 is 21.8 Å². The van der Waals surface area contributed by atoms with Crippen molar-refractivity contribution in [1.82, 2.24) is 5.32 Å². The molecule has 3 heteroatoms. The first kappa shape index (κ1) is 14.8. The van der Waals surface area contributed by atoms with Gasteiger partial charge < -0.3 is 5.32 Å². The lowest BCUT2D eigenvalue weighted by atomic mass is 9.96. The van der Waals surface area contributed by atoms with Crippen molar-refractivity contribution in [3.8, 4) is 0 Å². The molecule has 1 unspecified atom stereocenters. The predicted molar refractivity (Wildman–Crippen MR) is 85.9 cm³/mol. The van der Waals surface area contributed by atoms with E-state index in [2.05, 4.69) is 40.3 Å². The highest BCUT2D eigenvalue weighted by Crippen LogP contribution is 2.18. The summed E-state index contributed by atoms with van der Waals surface area (Å²) in [4.78, 5) is 12.1. The van der Waals surface area contributed by atoms with Crippen LogP contribution >= 0.6 is 15.9 Å². The number of amides is 1. The third-order valence-electron chi connectivity index (χ3n) is 3.36. The van der Waals surface area contributed by atoms with Gasteiger partial charge in [0, 0.05) is 22.5 Å². The van der Waals surface area contributed by atoms with Crippen molar-refractivity contribution < 1.29 is 4.79 Å². The summed E-state index contributed by atoms with van der Waals surface area (Å²) in [5.41, 5.74) is 1.95. The van der Waals surface area contributed by atoms with E-state index in [9.17, 15) is 4.79 Å². The fourth-order valence-electron chi connectivity index (χ4n) is 2.17. The zero-order valence-corrected chi connectivity index (χ0v) is 13.1.